The van der Waals surface area contributed by atoms with Crippen molar-refractivity contribution in [3.8, 4) is 0 Å². The zero-order valence-electron chi connectivity index (χ0n) is 9.19. The molecular formula is C8H21O4PSi. The van der Waals surface area contributed by atoms with Crippen molar-refractivity contribution in [2.75, 3.05) is 13.3 Å². The van der Waals surface area contributed by atoms with Crippen molar-refractivity contribution in [2.45, 2.75) is 38.4 Å². The molecular weight excluding hydrogens is 219 g/mol. The Morgan fingerprint density at radius 2 is 1.79 bits per heavy atom. The van der Waals surface area contributed by atoms with E-state index in [-0.39, 0.29) is 6.16 Å². The van der Waals surface area contributed by atoms with Gasteiger partial charge in [-0.25, -0.2) is 0 Å². The second-order valence-corrected chi connectivity index (χ2v) is 10.1. The average Bonchev–Trinajstić information content (AvgIpc) is 2.11. The molecule has 86 valence electrons. The molecule has 0 saturated heterocycles. The van der Waals surface area contributed by atoms with Gasteiger partial charge in [-0.3, -0.25) is 4.57 Å². The quantitative estimate of drug-likeness (QED) is 0.529. The molecule has 0 aromatic carbocycles. The van der Waals surface area contributed by atoms with Gasteiger partial charge in [0.05, 0.1) is 0 Å². The Morgan fingerprint density at radius 1 is 1.29 bits per heavy atom. The standard InChI is InChI=1S/C8H21O4PSi/c1-4-14(5-2,12-3)8-6-7-13(9,10)11/h4-8H2,1-3H3,(H2,9,10,11). The van der Waals surface area contributed by atoms with Crippen molar-refractivity contribution in [2.24, 2.45) is 0 Å². The Labute approximate surface area is 87.0 Å². The molecule has 0 aliphatic carbocycles. The third-order valence-corrected chi connectivity index (χ3v) is 8.41. The lowest BCUT2D eigenvalue weighted by Gasteiger charge is -2.27. The number of hydrogen-bond acceptors (Lipinski definition) is 2. The van der Waals surface area contributed by atoms with Gasteiger partial charge in [-0.15, -0.1) is 0 Å². The van der Waals surface area contributed by atoms with Gasteiger partial charge in [-0.05, 0) is 24.6 Å². The first-order valence-electron chi connectivity index (χ1n) is 4.99. The SMILES string of the molecule is CC[Si](CC)(CCCP(=O)(O)O)OC. The molecule has 0 unspecified atom stereocenters. The first-order chi connectivity index (χ1) is 6.39. The number of hydrogen-bond donors (Lipinski definition) is 2. The second kappa shape index (κ2) is 6.03. The van der Waals surface area contributed by atoms with Crippen LogP contribution in [-0.2, 0) is 8.99 Å². The van der Waals surface area contributed by atoms with Crippen LogP contribution in [0.1, 0.15) is 20.3 Å². The van der Waals surface area contributed by atoms with Gasteiger partial charge in [-0.2, -0.15) is 0 Å². The lowest BCUT2D eigenvalue weighted by Crippen LogP contribution is -2.35. The normalized spacial score (nSPS) is 13.2. The van der Waals surface area contributed by atoms with E-state index in [0.717, 1.165) is 18.1 Å². The predicted molar refractivity (Wildman–Crippen MR) is 60.1 cm³/mol. The van der Waals surface area contributed by atoms with Crippen molar-refractivity contribution in [3.63, 3.8) is 0 Å². The van der Waals surface area contributed by atoms with Crippen LogP contribution in [0.5, 0.6) is 0 Å². The molecule has 6 heteroatoms. The number of rotatable bonds is 7. The smallest absolute Gasteiger partial charge is 0.325 e. The molecule has 4 nitrogen and oxygen atoms in total. The fourth-order valence-corrected chi connectivity index (χ4v) is 5.28. The summed E-state index contributed by atoms with van der Waals surface area (Å²) in [4.78, 5) is 17.4. The van der Waals surface area contributed by atoms with E-state index in [4.69, 9.17) is 14.2 Å². The van der Waals surface area contributed by atoms with Gasteiger partial charge >= 0.3 is 7.60 Å². The van der Waals surface area contributed by atoms with Crippen LogP contribution in [0.3, 0.4) is 0 Å². The zero-order chi connectivity index (χ0) is 11.2. The maximum Gasteiger partial charge on any atom is 0.325 e. The highest BCUT2D eigenvalue weighted by Gasteiger charge is 2.29. The fourth-order valence-electron chi connectivity index (χ4n) is 1.60. The molecule has 0 amide bonds. The molecule has 0 aliphatic rings. The Bertz CT molecular complexity index is 191. The minimum absolute atomic E-state index is 0.00882. The molecule has 0 aliphatic heterocycles. The minimum atomic E-state index is -3.82. The van der Waals surface area contributed by atoms with Crippen molar-refractivity contribution >= 4 is 15.9 Å². The van der Waals surface area contributed by atoms with E-state index < -0.39 is 15.9 Å². The van der Waals surface area contributed by atoms with E-state index in [9.17, 15) is 4.57 Å². The summed E-state index contributed by atoms with van der Waals surface area (Å²) in [6.45, 7) is 4.19. The van der Waals surface area contributed by atoms with Gasteiger partial charge in [0.15, 0.2) is 8.32 Å². The molecule has 0 saturated carbocycles. The summed E-state index contributed by atoms with van der Waals surface area (Å²) in [5, 5.41) is 0. The molecule has 0 rings (SSSR count). The minimum Gasteiger partial charge on any atom is -0.420 e. The van der Waals surface area contributed by atoms with E-state index in [0.29, 0.717) is 6.42 Å². The van der Waals surface area contributed by atoms with Crippen LogP contribution in [0.25, 0.3) is 0 Å². The van der Waals surface area contributed by atoms with Gasteiger partial charge in [-0.1, -0.05) is 13.8 Å². The summed E-state index contributed by atoms with van der Waals surface area (Å²) < 4.78 is 16.2. The van der Waals surface area contributed by atoms with Gasteiger partial charge in [0.2, 0.25) is 0 Å². The molecule has 0 atom stereocenters. The molecule has 0 fully saturated rings. The van der Waals surface area contributed by atoms with Gasteiger partial charge in [0.1, 0.15) is 0 Å². The predicted octanol–water partition coefficient (Wildman–Crippen LogP) is 2.19. The highest BCUT2D eigenvalue weighted by Crippen LogP contribution is 2.37. The lowest BCUT2D eigenvalue weighted by molar-refractivity contribution is 0.370. The maximum absolute atomic E-state index is 10.7. The van der Waals surface area contributed by atoms with Crippen molar-refractivity contribution < 1.29 is 18.8 Å². The van der Waals surface area contributed by atoms with Crippen LogP contribution >= 0.6 is 7.60 Å². The summed E-state index contributed by atoms with van der Waals surface area (Å²) in [5.74, 6) is 0. The van der Waals surface area contributed by atoms with Crippen molar-refractivity contribution in [3.05, 3.63) is 0 Å². The van der Waals surface area contributed by atoms with Crippen LogP contribution < -0.4 is 0 Å². The fraction of sp³-hybridized carbons (Fsp3) is 1.00. The van der Waals surface area contributed by atoms with Crippen molar-refractivity contribution in [1.82, 2.24) is 0 Å². The topological polar surface area (TPSA) is 66.8 Å². The molecule has 0 spiro atoms. The Balaban J connectivity index is 4.01. The van der Waals surface area contributed by atoms with Gasteiger partial charge in [0, 0.05) is 13.3 Å². The van der Waals surface area contributed by atoms with Crippen LogP contribution in [0.15, 0.2) is 0 Å². The van der Waals surface area contributed by atoms with E-state index in [1.165, 1.54) is 0 Å². The maximum atomic E-state index is 10.7. The van der Waals surface area contributed by atoms with Gasteiger partial charge < -0.3 is 14.2 Å². The molecule has 2 N–H and O–H groups in total. The van der Waals surface area contributed by atoms with E-state index in [1.807, 2.05) is 0 Å². The molecule has 0 aromatic rings. The summed E-state index contributed by atoms with van der Waals surface area (Å²) >= 11 is 0. The largest absolute Gasteiger partial charge is 0.420 e. The Morgan fingerprint density at radius 3 is 2.07 bits per heavy atom. The van der Waals surface area contributed by atoms with E-state index in [1.54, 1.807) is 7.11 Å². The molecule has 0 bridgehead atoms. The van der Waals surface area contributed by atoms with Crippen LogP contribution in [0.2, 0.25) is 18.1 Å². The molecule has 14 heavy (non-hydrogen) atoms. The highest BCUT2D eigenvalue weighted by atomic mass is 31.2. The van der Waals surface area contributed by atoms with Crippen LogP contribution in [0, 0.1) is 0 Å². The van der Waals surface area contributed by atoms with Crippen molar-refractivity contribution in [1.29, 1.82) is 0 Å². The average molecular weight is 240 g/mol. The van der Waals surface area contributed by atoms with E-state index in [2.05, 4.69) is 13.8 Å². The first kappa shape index (κ1) is 14.3. The van der Waals surface area contributed by atoms with Gasteiger partial charge in [0.25, 0.3) is 0 Å². The summed E-state index contributed by atoms with van der Waals surface area (Å²) in [6, 6.07) is 2.88. The molecule has 0 heterocycles. The summed E-state index contributed by atoms with van der Waals surface area (Å²) in [7, 11) is -3.76. The molecule has 0 aromatic heterocycles. The van der Waals surface area contributed by atoms with Crippen LogP contribution in [-0.4, -0.2) is 31.4 Å². The Kier molecular flexibility index (Phi) is 6.17. The lowest BCUT2D eigenvalue weighted by atomic mass is 10.6. The van der Waals surface area contributed by atoms with E-state index >= 15 is 0 Å². The monoisotopic (exact) mass is 240 g/mol. The third kappa shape index (κ3) is 5.27. The van der Waals surface area contributed by atoms with Crippen LogP contribution in [0.4, 0.5) is 0 Å². The third-order valence-electron chi connectivity index (χ3n) is 2.80. The summed E-state index contributed by atoms with van der Waals surface area (Å²) in [5.41, 5.74) is 0. The summed E-state index contributed by atoms with van der Waals surface area (Å²) in [6.07, 6.45) is 0.567. The zero-order valence-corrected chi connectivity index (χ0v) is 11.1. The second-order valence-electron chi connectivity index (χ2n) is 3.59. The Hall–Kier alpha value is 0.327. The highest BCUT2D eigenvalue weighted by molar-refractivity contribution is 7.51. The first-order valence-corrected chi connectivity index (χ1v) is 9.31. The molecule has 0 radical (unpaired) electrons.